The Bertz CT molecular complexity index is 609. The third-order valence-corrected chi connectivity index (χ3v) is 4.52. The summed E-state index contributed by atoms with van der Waals surface area (Å²) in [7, 11) is 0. The summed E-state index contributed by atoms with van der Waals surface area (Å²) < 4.78 is 5.85. The minimum atomic E-state index is -0.253. The first-order valence-electron chi connectivity index (χ1n) is 7.73. The third kappa shape index (κ3) is 3.69. The van der Waals surface area contributed by atoms with Gasteiger partial charge in [-0.1, -0.05) is 11.6 Å². The molecule has 3 rings (SSSR count). The Kier molecular flexibility index (Phi) is 4.81. The number of aliphatic hydroxyl groups is 1. The van der Waals surface area contributed by atoms with Crippen LogP contribution in [0.4, 0.5) is 0 Å². The van der Waals surface area contributed by atoms with E-state index in [-0.39, 0.29) is 6.10 Å². The van der Waals surface area contributed by atoms with Gasteiger partial charge >= 0.3 is 0 Å². The second-order valence-electron chi connectivity index (χ2n) is 6.00. The number of aliphatic hydroxyl groups excluding tert-OH is 1. The molecule has 1 aliphatic rings. The zero-order valence-corrected chi connectivity index (χ0v) is 13.5. The van der Waals surface area contributed by atoms with E-state index in [4.69, 9.17) is 16.0 Å². The van der Waals surface area contributed by atoms with Crippen molar-refractivity contribution in [2.24, 2.45) is 5.92 Å². The molecular weight excluding hydrogens is 300 g/mol. The number of rotatable bonds is 4. The van der Waals surface area contributed by atoms with Gasteiger partial charge in [0.1, 0.15) is 0 Å². The number of hydrogen-bond donors (Lipinski definition) is 1. The number of benzene rings is 1. The van der Waals surface area contributed by atoms with Gasteiger partial charge < -0.3 is 9.52 Å². The average Bonchev–Trinajstić information content (AvgIpc) is 2.96. The predicted molar refractivity (Wildman–Crippen MR) is 86.6 cm³/mol. The van der Waals surface area contributed by atoms with Crippen molar-refractivity contribution in [2.45, 2.75) is 32.4 Å². The monoisotopic (exact) mass is 320 g/mol. The molecule has 0 aliphatic carbocycles. The molecule has 1 aliphatic heterocycles. The predicted octanol–water partition coefficient (Wildman–Crippen LogP) is 3.59. The first kappa shape index (κ1) is 15.5. The molecule has 5 heteroatoms. The van der Waals surface area contributed by atoms with Crippen LogP contribution in [0, 0.1) is 5.92 Å². The maximum Gasteiger partial charge on any atom is 0.209 e. The number of hydrogen-bond acceptors (Lipinski definition) is 4. The van der Waals surface area contributed by atoms with E-state index < -0.39 is 0 Å². The molecule has 1 aromatic carbocycles. The van der Waals surface area contributed by atoms with Gasteiger partial charge in [-0.25, -0.2) is 4.98 Å². The van der Waals surface area contributed by atoms with Gasteiger partial charge in [-0.15, -0.1) is 0 Å². The molecule has 1 fully saturated rings. The summed E-state index contributed by atoms with van der Waals surface area (Å²) in [6, 6.07) is 7.54. The van der Waals surface area contributed by atoms with Crippen LogP contribution in [0.25, 0.3) is 11.3 Å². The van der Waals surface area contributed by atoms with Crippen LogP contribution < -0.4 is 0 Å². The highest BCUT2D eigenvalue weighted by molar-refractivity contribution is 6.30. The van der Waals surface area contributed by atoms with Crippen LogP contribution in [0.3, 0.4) is 0 Å². The van der Waals surface area contributed by atoms with Crippen LogP contribution in [0.15, 0.2) is 34.9 Å². The van der Waals surface area contributed by atoms with Crippen LogP contribution in [0.2, 0.25) is 5.02 Å². The minimum absolute atomic E-state index is 0.253. The lowest BCUT2D eigenvalue weighted by Gasteiger charge is -2.33. The summed E-state index contributed by atoms with van der Waals surface area (Å²) in [4.78, 5) is 6.68. The molecule has 0 bridgehead atoms. The van der Waals surface area contributed by atoms with Crippen molar-refractivity contribution in [2.75, 3.05) is 13.1 Å². The molecule has 2 unspecified atom stereocenters. The fourth-order valence-electron chi connectivity index (χ4n) is 2.95. The van der Waals surface area contributed by atoms with E-state index >= 15 is 0 Å². The Morgan fingerprint density at radius 1 is 1.41 bits per heavy atom. The maximum absolute atomic E-state index is 9.76. The van der Waals surface area contributed by atoms with Gasteiger partial charge in [-0.05, 0) is 56.5 Å². The number of nitrogens with zero attached hydrogens (tertiary/aromatic N) is 2. The van der Waals surface area contributed by atoms with E-state index in [9.17, 15) is 5.11 Å². The lowest BCUT2D eigenvalue weighted by Crippen LogP contribution is -2.39. The lowest BCUT2D eigenvalue weighted by molar-refractivity contribution is 0.0566. The van der Waals surface area contributed by atoms with Crippen molar-refractivity contribution in [3.05, 3.63) is 41.4 Å². The van der Waals surface area contributed by atoms with Gasteiger partial charge in [-0.2, -0.15) is 0 Å². The number of halogens is 1. The molecule has 1 N–H and O–H groups in total. The Hall–Kier alpha value is -1.36. The van der Waals surface area contributed by atoms with E-state index in [1.54, 1.807) is 6.20 Å². The highest BCUT2D eigenvalue weighted by atomic mass is 35.5. The standard InChI is InChI=1S/C17H21ClN2O2/c1-12(21)14-3-2-8-20(10-14)11-17-19-9-16(22-17)13-4-6-15(18)7-5-13/h4-7,9,12,14,21H,2-3,8,10-11H2,1H3. The molecule has 1 saturated heterocycles. The van der Waals surface area contributed by atoms with Gasteiger partial charge in [0.15, 0.2) is 5.76 Å². The fourth-order valence-corrected chi connectivity index (χ4v) is 3.08. The van der Waals surface area contributed by atoms with E-state index in [0.717, 1.165) is 43.1 Å². The molecular formula is C17H21ClN2O2. The third-order valence-electron chi connectivity index (χ3n) is 4.27. The summed E-state index contributed by atoms with van der Waals surface area (Å²) in [5.41, 5.74) is 0.976. The Morgan fingerprint density at radius 2 is 2.18 bits per heavy atom. The largest absolute Gasteiger partial charge is 0.439 e. The smallest absolute Gasteiger partial charge is 0.209 e. The molecule has 2 heterocycles. The Balaban J connectivity index is 1.65. The lowest BCUT2D eigenvalue weighted by atomic mass is 9.93. The topological polar surface area (TPSA) is 49.5 Å². The molecule has 2 aromatic rings. The Labute approximate surface area is 135 Å². The molecule has 118 valence electrons. The fraction of sp³-hybridized carbons (Fsp3) is 0.471. The van der Waals surface area contributed by atoms with E-state index in [1.165, 1.54) is 0 Å². The summed E-state index contributed by atoms with van der Waals surface area (Å²) in [6.45, 7) is 4.49. The van der Waals surface area contributed by atoms with Crippen LogP contribution >= 0.6 is 11.6 Å². The van der Waals surface area contributed by atoms with Gasteiger partial charge in [0.25, 0.3) is 0 Å². The van der Waals surface area contributed by atoms with Crippen molar-refractivity contribution in [3.63, 3.8) is 0 Å². The van der Waals surface area contributed by atoms with Gasteiger partial charge in [0.05, 0.1) is 18.8 Å². The highest BCUT2D eigenvalue weighted by Gasteiger charge is 2.24. The zero-order valence-electron chi connectivity index (χ0n) is 12.7. The van der Waals surface area contributed by atoms with Crippen molar-refractivity contribution >= 4 is 11.6 Å². The van der Waals surface area contributed by atoms with Crippen molar-refractivity contribution in [1.82, 2.24) is 9.88 Å². The summed E-state index contributed by atoms with van der Waals surface area (Å²) >= 11 is 5.90. The SMILES string of the molecule is CC(O)C1CCCN(Cc2ncc(-c3ccc(Cl)cc3)o2)C1. The van der Waals surface area contributed by atoms with Crippen LogP contribution in [0.5, 0.6) is 0 Å². The Morgan fingerprint density at radius 3 is 2.91 bits per heavy atom. The second kappa shape index (κ2) is 6.82. The van der Waals surface area contributed by atoms with E-state index in [1.807, 2.05) is 31.2 Å². The van der Waals surface area contributed by atoms with E-state index in [2.05, 4.69) is 9.88 Å². The zero-order chi connectivity index (χ0) is 15.5. The summed E-state index contributed by atoms with van der Waals surface area (Å²) in [6.07, 6.45) is 3.71. The molecule has 1 aromatic heterocycles. The second-order valence-corrected chi connectivity index (χ2v) is 6.44. The number of piperidine rings is 1. The van der Waals surface area contributed by atoms with Crippen LogP contribution in [-0.2, 0) is 6.54 Å². The average molecular weight is 321 g/mol. The number of aromatic nitrogens is 1. The van der Waals surface area contributed by atoms with Gasteiger partial charge in [0.2, 0.25) is 5.89 Å². The molecule has 22 heavy (non-hydrogen) atoms. The molecule has 0 saturated carbocycles. The van der Waals surface area contributed by atoms with Crippen molar-refractivity contribution in [3.8, 4) is 11.3 Å². The summed E-state index contributed by atoms with van der Waals surface area (Å²) in [5.74, 6) is 1.83. The highest BCUT2D eigenvalue weighted by Crippen LogP contribution is 2.25. The molecule has 2 atom stereocenters. The van der Waals surface area contributed by atoms with Gasteiger partial charge in [0, 0.05) is 17.1 Å². The first-order chi connectivity index (χ1) is 10.6. The molecule has 0 amide bonds. The van der Waals surface area contributed by atoms with Crippen molar-refractivity contribution < 1.29 is 9.52 Å². The number of likely N-dealkylation sites (tertiary alicyclic amines) is 1. The number of oxazole rings is 1. The van der Waals surface area contributed by atoms with Crippen LogP contribution in [-0.4, -0.2) is 34.2 Å². The van der Waals surface area contributed by atoms with E-state index in [0.29, 0.717) is 17.5 Å². The molecule has 0 radical (unpaired) electrons. The minimum Gasteiger partial charge on any atom is -0.439 e. The van der Waals surface area contributed by atoms with Crippen LogP contribution in [0.1, 0.15) is 25.7 Å². The van der Waals surface area contributed by atoms with Gasteiger partial charge in [-0.3, -0.25) is 4.90 Å². The first-order valence-corrected chi connectivity index (χ1v) is 8.10. The van der Waals surface area contributed by atoms with Crippen molar-refractivity contribution in [1.29, 1.82) is 0 Å². The maximum atomic E-state index is 9.76. The molecule has 0 spiro atoms. The normalized spacial score (nSPS) is 21.0. The quantitative estimate of drug-likeness (QED) is 0.935. The molecule has 4 nitrogen and oxygen atoms in total. The summed E-state index contributed by atoms with van der Waals surface area (Å²) in [5, 5.41) is 10.5.